The third kappa shape index (κ3) is 3.00. The molecule has 1 N–H and O–H groups in total. The van der Waals surface area contributed by atoms with E-state index >= 15 is 0 Å². The summed E-state index contributed by atoms with van der Waals surface area (Å²) in [6.45, 7) is 0. The van der Waals surface area contributed by atoms with E-state index in [0.717, 1.165) is 33.7 Å². The Morgan fingerprint density at radius 2 is 1.66 bits per heavy atom. The van der Waals surface area contributed by atoms with E-state index in [4.69, 9.17) is 16.6 Å². The Balaban J connectivity index is 1.50. The minimum Gasteiger partial charge on any atom is -0.344 e. The van der Waals surface area contributed by atoms with Gasteiger partial charge in [-0.25, -0.2) is 14.4 Å². The summed E-state index contributed by atoms with van der Waals surface area (Å²) in [6.07, 6.45) is 1.75. The number of rotatable bonds is 3. The number of nitrogens with one attached hydrogen (secondary N) is 1. The second kappa shape index (κ2) is 6.87. The topological polar surface area (TPSA) is 46.5 Å². The molecule has 0 aliphatic carbocycles. The van der Waals surface area contributed by atoms with E-state index in [0.29, 0.717) is 10.8 Å². The van der Waals surface area contributed by atoms with Gasteiger partial charge in [0.15, 0.2) is 0 Å². The van der Waals surface area contributed by atoms with Crippen LogP contribution >= 0.6 is 11.6 Å². The van der Waals surface area contributed by atoms with Crippen molar-refractivity contribution in [2.45, 2.75) is 0 Å². The van der Waals surface area contributed by atoms with E-state index in [-0.39, 0.29) is 5.56 Å². The lowest BCUT2D eigenvalue weighted by Gasteiger charge is -2.04. The fraction of sp³-hybridized carbons (Fsp3) is 0.0435. The summed E-state index contributed by atoms with van der Waals surface area (Å²) in [7, 11) is 2.01. The molecule has 6 heteroatoms. The standard InChI is InChI=1S/C23H16ClFN4/c1-29-20-8-3-2-7-18(20)28-23(29)15-11-9-14(10-12-15)19-13-26-22(27-19)21-16(24)5-4-6-17(21)25/h2-13H,1H3,(H,26,27). The van der Waals surface area contributed by atoms with E-state index < -0.39 is 5.82 Å². The number of H-pyrrole nitrogens is 1. The molecule has 5 rings (SSSR count). The number of fused-ring (bicyclic) bond motifs is 1. The Morgan fingerprint density at radius 1 is 0.897 bits per heavy atom. The van der Waals surface area contributed by atoms with Crippen LogP contribution in [0.2, 0.25) is 5.02 Å². The summed E-state index contributed by atoms with van der Waals surface area (Å²) in [4.78, 5) is 12.3. The number of imidazole rings is 2. The second-order valence-corrected chi connectivity index (χ2v) is 7.20. The van der Waals surface area contributed by atoms with Crippen molar-refractivity contribution in [1.82, 2.24) is 19.5 Å². The van der Waals surface area contributed by atoms with Gasteiger partial charge in [-0.1, -0.05) is 54.1 Å². The Bertz CT molecular complexity index is 1310. The van der Waals surface area contributed by atoms with E-state index in [1.54, 1.807) is 18.3 Å². The van der Waals surface area contributed by atoms with Crippen molar-refractivity contribution in [2.24, 2.45) is 7.05 Å². The van der Waals surface area contributed by atoms with Crippen molar-refractivity contribution in [3.8, 4) is 34.0 Å². The first-order chi connectivity index (χ1) is 14.1. The number of halogens is 2. The van der Waals surface area contributed by atoms with Crippen molar-refractivity contribution >= 4 is 22.6 Å². The van der Waals surface area contributed by atoms with E-state index in [9.17, 15) is 4.39 Å². The van der Waals surface area contributed by atoms with E-state index in [1.807, 2.05) is 49.5 Å². The Kier molecular flexibility index (Phi) is 4.18. The second-order valence-electron chi connectivity index (χ2n) is 6.79. The van der Waals surface area contributed by atoms with Gasteiger partial charge in [0, 0.05) is 24.4 Å². The molecule has 0 bridgehead atoms. The molecule has 2 aromatic heterocycles. The van der Waals surface area contributed by atoms with Crippen LogP contribution in [-0.4, -0.2) is 19.5 Å². The van der Waals surface area contributed by atoms with Gasteiger partial charge >= 0.3 is 0 Å². The number of nitrogens with zero attached hydrogens (tertiary/aromatic N) is 3. The van der Waals surface area contributed by atoms with Crippen molar-refractivity contribution < 1.29 is 4.39 Å². The van der Waals surface area contributed by atoms with Crippen molar-refractivity contribution in [3.05, 3.63) is 83.8 Å². The van der Waals surface area contributed by atoms with Gasteiger partial charge in [0.1, 0.15) is 17.5 Å². The zero-order chi connectivity index (χ0) is 20.0. The molecule has 29 heavy (non-hydrogen) atoms. The smallest absolute Gasteiger partial charge is 0.142 e. The fourth-order valence-corrected chi connectivity index (χ4v) is 3.77. The third-order valence-corrected chi connectivity index (χ3v) is 5.32. The highest BCUT2D eigenvalue weighted by molar-refractivity contribution is 6.33. The molecule has 0 saturated heterocycles. The van der Waals surface area contributed by atoms with Gasteiger partial charge in [0.05, 0.1) is 27.3 Å². The maximum Gasteiger partial charge on any atom is 0.142 e. The molecule has 142 valence electrons. The predicted molar refractivity (Wildman–Crippen MR) is 114 cm³/mol. The molecule has 0 saturated carbocycles. The first kappa shape index (κ1) is 17.6. The molecule has 0 aliphatic heterocycles. The van der Waals surface area contributed by atoms with Crippen LogP contribution in [0.15, 0.2) is 72.9 Å². The number of aromatic amines is 1. The summed E-state index contributed by atoms with van der Waals surface area (Å²) in [5, 5.41) is 0.322. The average Bonchev–Trinajstić information content (AvgIpc) is 3.34. The maximum absolute atomic E-state index is 14.2. The van der Waals surface area contributed by atoms with Crippen LogP contribution < -0.4 is 0 Å². The summed E-state index contributed by atoms with van der Waals surface area (Å²) in [6, 6.07) is 20.6. The molecule has 5 aromatic rings. The van der Waals surface area contributed by atoms with Gasteiger partial charge < -0.3 is 9.55 Å². The first-order valence-corrected chi connectivity index (χ1v) is 9.51. The molecule has 0 fully saturated rings. The summed E-state index contributed by atoms with van der Waals surface area (Å²) >= 11 is 6.15. The normalized spacial score (nSPS) is 11.3. The number of para-hydroxylation sites is 2. The lowest BCUT2D eigenvalue weighted by atomic mass is 10.1. The lowest BCUT2D eigenvalue weighted by molar-refractivity contribution is 0.630. The minimum atomic E-state index is -0.407. The fourth-order valence-electron chi connectivity index (χ4n) is 3.52. The van der Waals surface area contributed by atoms with Crippen LogP contribution in [0.1, 0.15) is 0 Å². The molecule has 0 atom stereocenters. The van der Waals surface area contributed by atoms with Gasteiger partial charge in [0.25, 0.3) is 0 Å². The van der Waals surface area contributed by atoms with Crippen LogP contribution in [0.4, 0.5) is 4.39 Å². The minimum absolute atomic E-state index is 0.275. The highest BCUT2D eigenvalue weighted by atomic mass is 35.5. The van der Waals surface area contributed by atoms with Gasteiger partial charge in [0.2, 0.25) is 0 Å². The molecular weight excluding hydrogens is 387 g/mol. The molecule has 3 aromatic carbocycles. The Morgan fingerprint density at radius 3 is 2.41 bits per heavy atom. The van der Waals surface area contributed by atoms with Crippen molar-refractivity contribution in [2.75, 3.05) is 0 Å². The largest absolute Gasteiger partial charge is 0.344 e. The van der Waals surface area contributed by atoms with Crippen LogP contribution in [0.25, 0.3) is 45.1 Å². The maximum atomic E-state index is 14.2. The molecule has 4 nitrogen and oxygen atoms in total. The predicted octanol–water partition coefficient (Wildman–Crippen LogP) is 6.09. The quantitative estimate of drug-likeness (QED) is 0.397. The molecule has 2 heterocycles. The number of hydrogen-bond donors (Lipinski definition) is 1. The highest BCUT2D eigenvalue weighted by Crippen LogP contribution is 2.31. The number of aromatic nitrogens is 4. The lowest BCUT2D eigenvalue weighted by Crippen LogP contribution is -1.92. The SMILES string of the molecule is Cn1c(-c2ccc(-c3c[nH]c(-c4c(F)cccc4Cl)n3)cc2)nc2ccccc21. The van der Waals surface area contributed by atoms with Crippen LogP contribution in [0.3, 0.4) is 0 Å². The van der Waals surface area contributed by atoms with Gasteiger partial charge in [-0.3, -0.25) is 0 Å². The third-order valence-electron chi connectivity index (χ3n) is 5.00. The van der Waals surface area contributed by atoms with Crippen LogP contribution in [0.5, 0.6) is 0 Å². The number of benzene rings is 3. The highest BCUT2D eigenvalue weighted by Gasteiger charge is 2.14. The average molecular weight is 403 g/mol. The molecule has 0 amide bonds. The summed E-state index contributed by atoms with van der Waals surface area (Å²) < 4.78 is 16.2. The van der Waals surface area contributed by atoms with Crippen LogP contribution in [-0.2, 0) is 7.05 Å². The molecule has 0 spiro atoms. The molecule has 0 radical (unpaired) electrons. The summed E-state index contributed by atoms with van der Waals surface area (Å²) in [5.74, 6) is 0.900. The molecule has 0 unspecified atom stereocenters. The first-order valence-electron chi connectivity index (χ1n) is 9.14. The Hall–Kier alpha value is -3.44. The summed E-state index contributed by atoms with van der Waals surface area (Å²) in [5.41, 5.74) is 4.98. The zero-order valence-electron chi connectivity index (χ0n) is 15.5. The number of hydrogen-bond acceptors (Lipinski definition) is 2. The zero-order valence-corrected chi connectivity index (χ0v) is 16.3. The van der Waals surface area contributed by atoms with Crippen LogP contribution in [0, 0.1) is 5.82 Å². The van der Waals surface area contributed by atoms with E-state index in [1.165, 1.54) is 6.07 Å². The van der Waals surface area contributed by atoms with Crippen molar-refractivity contribution in [3.63, 3.8) is 0 Å². The van der Waals surface area contributed by atoms with Crippen molar-refractivity contribution in [1.29, 1.82) is 0 Å². The number of aryl methyl sites for hydroxylation is 1. The molecule has 0 aliphatic rings. The van der Waals surface area contributed by atoms with Gasteiger partial charge in [-0.15, -0.1) is 0 Å². The monoisotopic (exact) mass is 402 g/mol. The molecular formula is C23H16ClFN4. The van der Waals surface area contributed by atoms with Gasteiger partial charge in [-0.2, -0.15) is 0 Å². The Labute approximate surface area is 171 Å². The van der Waals surface area contributed by atoms with E-state index in [2.05, 4.69) is 20.6 Å². The van der Waals surface area contributed by atoms with Gasteiger partial charge in [-0.05, 0) is 24.3 Å².